The van der Waals surface area contributed by atoms with Gasteiger partial charge >= 0.3 is 0 Å². The van der Waals surface area contributed by atoms with Gasteiger partial charge in [0.05, 0.1) is 23.6 Å². The van der Waals surface area contributed by atoms with Gasteiger partial charge in [0.2, 0.25) is 11.8 Å². The Balaban J connectivity index is 1.74. The summed E-state index contributed by atoms with van der Waals surface area (Å²) < 4.78 is 0. The number of fused-ring (bicyclic) bond motifs is 1. The van der Waals surface area contributed by atoms with E-state index in [9.17, 15) is 9.59 Å². The molecular formula is C22H20N6O2. The highest BCUT2D eigenvalue weighted by Gasteiger charge is 2.43. The SMILES string of the molecule is Cc1cc(C)c(-c2cc3cc(NC(=O)C4C[C@@H]4C#N)ncc3c(N)n2)cc1C(N)=O. The Labute approximate surface area is 172 Å². The number of anilines is 2. The van der Waals surface area contributed by atoms with Crippen molar-refractivity contribution >= 4 is 34.2 Å². The van der Waals surface area contributed by atoms with Crippen LogP contribution in [0.25, 0.3) is 22.0 Å². The third kappa shape index (κ3) is 3.42. The first-order chi connectivity index (χ1) is 14.3. The van der Waals surface area contributed by atoms with E-state index in [1.165, 1.54) is 0 Å². The molecule has 1 aliphatic rings. The molecule has 5 N–H and O–H groups in total. The number of primary amides is 1. The average molecular weight is 400 g/mol. The number of nitrogens with zero attached hydrogens (tertiary/aromatic N) is 3. The van der Waals surface area contributed by atoms with Crippen molar-refractivity contribution in [1.29, 1.82) is 5.26 Å². The lowest BCUT2D eigenvalue weighted by molar-refractivity contribution is -0.117. The van der Waals surface area contributed by atoms with E-state index in [-0.39, 0.29) is 17.7 Å². The molecule has 1 aliphatic carbocycles. The largest absolute Gasteiger partial charge is 0.383 e. The molecule has 30 heavy (non-hydrogen) atoms. The van der Waals surface area contributed by atoms with Crippen LogP contribution in [0.1, 0.15) is 27.9 Å². The number of amides is 2. The van der Waals surface area contributed by atoms with Crippen molar-refractivity contribution in [2.45, 2.75) is 20.3 Å². The van der Waals surface area contributed by atoms with Crippen LogP contribution in [0, 0.1) is 37.0 Å². The van der Waals surface area contributed by atoms with Crippen LogP contribution >= 0.6 is 0 Å². The fourth-order valence-electron chi connectivity index (χ4n) is 3.62. The molecule has 0 aliphatic heterocycles. The summed E-state index contributed by atoms with van der Waals surface area (Å²) in [5.74, 6) is -0.552. The Morgan fingerprint density at radius 2 is 1.97 bits per heavy atom. The van der Waals surface area contributed by atoms with E-state index in [1.54, 1.807) is 18.3 Å². The van der Waals surface area contributed by atoms with Crippen LogP contribution in [0.3, 0.4) is 0 Å². The number of nitriles is 1. The summed E-state index contributed by atoms with van der Waals surface area (Å²) in [6.07, 6.45) is 2.13. The molecule has 0 radical (unpaired) electrons. The number of aryl methyl sites for hydroxylation is 2. The van der Waals surface area contributed by atoms with Crippen LogP contribution in [0.5, 0.6) is 0 Å². The number of hydrogen-bond donors (Lipinski definition) is 3. The van der Waals surface area contributed by atoms with E-state index in [1.807, 2.05) is 26.0 Å². The van der Waals surface area contributed by atoms with Crippen molar-refractivity contribution < 1.29 is 9.59 Å². The minimum atomic E-state index is -0.507. The van der Waals surface area contributed by atoms with Gasteiger partial charge in [-0.3, -0.25) is 9.59 Å². The Hall–Kier alpha value is -3.99. The Morgan fingerprint density at radius 1 is 1.20 bits per heavy atom. The zero-order valence-corrected chi connectivity index (χ0v) is 16.6. The monoisotopic (exact) mass is 400 g/mol. The average Bonchev–Trinajstić information content (AvgIpc) is 3.47. The minimum absolute atomic E-state index is 0.212. The van der Waals surface area contributed by atoms with Crippen LogP contribution in [0.2, 0.25) is 0 Å². The predicted octanol–water partition coefficient (Wildman–Crippen LogP) is 2.69. The lowest BCUT2D eigenvalue weighted by Crippen LogP contribution is -2.15. The maximum Gasteiger partial charge on any atom is 0.248 e. The standard InChI is InChI=1S/C22H20N6O2/c1-10-3-11(2)15(21(25)29)7-14(10)18-5-12-6-19(26-9-17(12)20(24)27-18)28-22(30)16-4-13(16)8-23/h3,5-7,9,13,16H,4H2,1-2H3,(H2,24,27)(H2,25,29)(H,26,28,30)/t13-,16?/m1/s1. The molecule has 4 rings (SSSR count). The Morgan fingerprint density at radius 3 is 2.63 bits per heavy atom. The number of carbonyl (C=O) groups excluding carboxylic acids is 2. The molecule has 0 spiro atoms. The number of aromatic nitrogens is 2. The number of rotatable bonds is 4. The molecule has 8 heteroatoms. The molecule has 1 saturated carbocycles. The van der Waals surface area contributed by atoms with Crippen LogP contribution in [-0.4, -0.2) is 21.8 Å². The molecule has 0 saturated heterocycles. The zero-order valence-electron chi connectivity index (χ0n) is 16.6. The maximum atomic E-state index is 12.2. The molecule has 3 aromatic rings. The van der Waals surface area contributed by atoms with E-state index in [2.05, 4.69) is 21.4 Å². The molecule has 1 unspecified atom stereocenters. The van der Waals surface area contributed by atoms with E-state index in [0.717, 1.165) is 22.1 Å². The highest BCUT2D eigenvalue weighted by molar-refractivity contribution is 5.99. The summed E-state index contributed by atoms with van der Waals surface area (Å²) in [4.78, 5) is 32.7. The van der Waals surface area contributed by atoms with Gasteiger partial charge in [-0.15, -0.1) is 0 Å². The second-order valence-electron chi connectivity index (χ2n) is 7.60. The predicted molar refractivity (Wildman–Crippen MR) is 113 cm³/mol. The third-order valence-electron chi connectivity index (χ3n) is 5.40. The first-order valence-electron chi connectivity index (χ1n) is 9.46. The molecule has 2 amide bonds. The van der Waals surface area contributed by atoms with Gasteiger partial charge in [-0.05, 0) is 55.0 Å². The minimum Gasteiger partial charge on any atom is -0.383 e. The smallest absolute Gasteiger partial charge is 0.248 e. The molecule has 1 fully saturated rings. The normalized spacial score (nSPS) is 17.4. The van der Waals surface area contributed by atoms with Gasteiger partial charge in [0.25, 0.3) is 0 Å². The lowest BCUT2D eigenvalue weighted by Gasteiger charge is -2.12. The second kappa shape index (κ2) is 7.12. The highest BCUT2D eigenvalue weighted by Crippen LogP contribution is 2.38. The summed E-state index contributed by atoms with van der Waals surface area (Å²) in [6.45, 7) is 3.76. The van der Waals surface area contributed by atoms with Crippen LogP contribution in [0.4, 0.5) is 11.6 Å². The van der Waals surface area contributed by atoms with Gasteiger partial charge in [-0.25, -0.2) is 9.97 Å². The molecule has 2 aromatic heterocycles. The molecule has 150 valence electrons. The number of nitrogens with one attached hydrogen (secondary N) is 1. The Bertz CT molecular complexity index is 1260. The van der Waals surface area contributed by atoms with Gasteiger partial charge in [-0.2, -0.15) is 5.26 Å². The van der Waals surface area contributed by atoms with Crippen LogP contribution in [-0.2, 0) is 4.79 Å². The van der Waals surface area contributed by atoms with Crippen LogP contribution in [0.15, 0.2) is 30.5 Å². The van der Waals surface area contributed by atoms with E-state index in [0.29, 0.717) is 34.7 Å². The van der Waals surface area contributed by atoms with Gasteiger partial charge in [-0.1, -0.05) is 6.07 Å². The van der Waals surface area contributed by atoms with Crippen molar-refractivity contribution in [3.8, 4) is 17.3 Å². The first-order valence-corrected chi connectivity index (χ1v) is 9.46. The molecule has 2 atom stereocenters. The molecule has 8 nitrogen and oxygen atoms in total. The molecular weight excluding hydrogens is 380 g/mol. The van der Waals surface area contributed by atoms with E-state index >= 15 is 0 Å². The fraction of sp³-hybridized carbons (Fsp3) is 0.227. The summed E-state index contributed by atoms with van der Waals surface area (Å²) in [5, 5.41) is 13.1. The summed E-state index contributed by atoms with van der Waals surface area (Å²) in [7, 11) is 0. The van der Waals surface area contributed by atoms with Gasteiger partial charge in [0.15, 0.2) is 0 Å². The number of carbonyl (C=O) groups is 2. The van der Waals surface area contributed by atoms with Crippen LogP contribution < -0.4 is 16.8 Å². The van der Waals surface area contributed by atoms with Crippen molar-refractivity contribution in [1.82, 2.24) is 9.97 Å². The first kappa shape index (κ1) is 19.3. The number of nitrogens with two attached hydrogens (primary N) is 2. The van der Waals surface area contributed by atoms with E-state index < -0.39 is 5.91 Å². The number of pyridine rings is 2. The number of benzene rings is 1. The summed E-state index contributed by atoms with van der Waals surface area (Å²) in [6, 6.07) is 9.26. The summed E-state index contributed by atoms with van der Waals surface area (Å²) >= 11 is 0. The quantitative estimate of drug-likeness (QED) is 0.613. The van der Waals surface area contributed by atoms with Gasteiger partial charge in [0.1, 0.15) is 11.6 Å². The Kier molecular flexibility index (Phi) is 4.59. The van der Waals surface area contributed by atoms with Crippen molar-refractivity contribution in [2.75, 3.05) is 11.1 Å². The highest BCUT2D eigenvalue weighted by atomic mass is 16.2. The maximum absolute atomic E-state index is 12.2. The molecule has 0 bridgehead atoms. The van der Waals surface area contributed by atoms with Gasteiger partial charge in [0, 0.05) is 22.7 Å². The number of nitrogen functional groups attached to an aromatic ring is 1. The third-order valence-corrected chi connectivity index (χ3v) is 5.40. The number of hydrogen-bond acceptors (Lipinski definition) is 6. The van der Waals surface area contributed by atoms with Crippen molar-refractivity contribution in [3.05, 3.63) is 47.2 Å². The van der Waals surface area contributed by atoms with Gasteiger partial charge < -0.3 is 16.8 Å². The topological polar surface area (TPSA) is 148 Å². The van der Waals surface area contributed by atoms with Crippen molar-refractivity contribution in [2.24, 2.45) is 17.6 Å². The van der Waals surface area contributed by atoms with Crippen molar-refractivity contribution in [3.63, 3.8) is 0 Å². The summed E-state index contributed by atoms with van der Waals surface area (Å²) in [5.41, 5.74) is 15.1. The zero-order chi connectivity index (χ0) is 21.6. The molecule has 1 aromatic carbocycles. The second-order valence-corrected chi connectivity index (χ2v) is 7.60. The molecule has 2 heterocycles. The fourth-order valence-corrected chi connectivity index (χ4v) is 3.62. The lowest BCUT2D eigenvalue weighted by atomic mass is 9.96. The van der Waals surface area contributed by atoms with E-state index in [4.69, 9.17) is 16.7 Å².